The highest BCUT2D eigenvalue weighted by molar-refractivity contribution is 8.00. The molecule has 1 N–H and O–H groups in total. The van der Waals surface area contributed by atoms with Gasteiger partial charge >= 0.3 is 0 Å². The van der Waals surface area contributed by atoms with Gasteiger partial charge in [-0.25, -0.2) is 4.39 Å². The summed E-state index contributed by atoms with van der Waals surface area (Å²) in [5, 5.41) is 13.5. The van der Waals surface area contributed by atoms with Crippen molar-refractivity contribution in [2.75, 3.05) is 23.9 Å². The lowest BCUT2D eigenvalue weighted by atomic mass is 10.1. The third-order valence-corrected chi connectivity index (χ3v) is 5.04. The molecule has 148 valence electrons. The van der Waals surface area contributed by atoms with Gasteiger partial charge in [-0.15, -0.1) is 11.8 Å². The monoisotopic (exact) mass is 405 g/mol. The highest BCUT2D eigenvalue weighted by Crippen LogP contribution is 2.23. The largest absolute Gasteiger partial charge is 0.338 e. The molecule has 1 atom stereocenters. The van der Waals surface area contributed by atoms with E-state index in [1.54, 1.807) is 26.1 Å². The number of hydrogen-bond donors (Lipinski definition) is 1. The molecule has 0 saturated carbocycles. The normalized spacial score (nSPS) is 11.5. The maximum atomic E-state index is 12.8. The average Bonchev–Trinajstić information content (AvgIpc) is 2.68. The molecule has 0 aromatic heterocycles. The van der Waals surface area contributed by atoms with E-state index < -0.39 is 4.92 Å². The molecule has 7 nitrogen and oxygen atoms in total. The molecule has 0 saturated heterocycles. The van der Waals surface area contributed by atoms with Crippen molar-refractivity contribution in [2.24, 2.45) is 0 Å². The Kier molecular flexibility index (Phi) is 7.51. The van der Waals surface area contributed by atoms with Gasteiger partial charge in [-0.2, -0.15) is 0 Å². The molecule has 0 bridgehead atoms. The number of nitro groups is 1. The van der Waals surface area contributed by atoms with Gasteiger partial charge in [0.25, 0.3) is 5.69 Å². The van der Waals surface area contributed by atoms with Crippen molar-refractivity contribution in [3.63, 3.8) is 0 Å². The summed E-state index contributed by atoms with van der Waals surface area (Å²) >= 11 is 1.16. The second kappa shape index (κ2) is 9.84. The number of thioether (sulfide) groups is 1. The van der Waals surface area contributed by atoms with Crippen molar-refractivity contribution < 1.29 is 18.9 Å². The first kappa shape index (κ1) is 21.4. The van der Waals surface area contributed by atoms with Crippen LogP contribution in [0.4, 0.5) is 15.8 Å². The predicted molar refractivity (Wildman–Crippen MR) is 107 cm³/mol. The first-order valence-electron chi connectivity index (χ1n) is 8.41. The van der Waals surface area contributed by atoms with E-state index in [4.69, 9.17) is 0 Å². The lowest BCUT2D eigenvalue weighted by Crippen LogP contribution is -2.31. The van der Waals surface area contributed by atoms with Gasteiger partial charge in [-0.1, -0.05) is 12.1 Å². The second-order valence-electron chi connectivity index (χ2n) is 6.08. The molecule has 0 aliphatic carbocycles. The van der Waals surface area contributed by atoms with Crippen LogP contribution in [0.5, 0.6) is 0 Å². The molecule has 2 aromatic carbocycles. The minimum Gasteiger partial charge on any atom is -0.338 e. The van der Waals surface area contributed by atoms with Crippen LogP contribution >= 0.6 is 11.8 Å². The maximum Gasteiger partial charge on any atom is 0.269 e. The Hall–Kier alpha value is -2.94. The van der Waals surface area contributed by atoms with E-state index in [0.29, 0.717) is 11.3 Å². The van der Waals surface area contributed by atoms with Crippen molar-refractivity contribution >= 4 is 35.0 Å². The molecule has 9 heteroatoms. The minimum absolute atomic E-state index is 0.0305. The molecule has 0 aliphatic heterocycles. The third-order valence-electron chi connectivity index (χ3n) is 4.12. The Morgan fingerprint density at radius 2 is 1.89 bits per heavy atom. The van der Waals surface area contributed by atoms with Gasteiger partial charge in [0, 0.05) is 24.9 Å². The highest BCUT2D eigenvalue weighted by Gasteiger charge is 2.19. The fraction of sp³-hybridized carbons (Fsp3) is 0.263. The zero-order valence-electron chi connectivity index (χ0n) is 15.4. The predicted octanol–water partition coefficient (Wildman–Crippen LogP) is 3.63. The van der Waals surface area contributed by atoms with Crippen molar-refractivity contribution in [1.29, 1.82) is 0 Å². The molecule has 0 unspecified atom stereocenters. The van der Waals surface area contributed by atoms with Crippen molar-refractivity contribution in [2.45, 2.75) is 13.0 Å². The Balaban J connectivity index is 1.83. The Morgan fingerprint density at radius 1 is 1.21 bits per heavy atom. The van der Waals surface area contributed by atoms with Crippen LogP contribution in [0.25, 0.3) is 0 Å². The van der Waals surface area contributed by atoms with Gasteiger partial charge in [0.15, 0.2) is 0 Å². The van der Waals surface area contributed by atoms with Crippen LogP contribution < -0.4 is 5.32 Å². The van der Waals surface area contributed by atoms with E-state index in [0.717, 1.165) is 11.8 Å². The molecule has 0 aliphatic rings. The number of nitrogens with zero attached hydrogens (tertiary/aromatic N) is 2. The Morgan fingerprint density at radius 3 is 2.54 bits per heavy atom. The summed E-state index contributed by atoms with van der Waals surface area (Å²) in [4.78, 5) is 36.2. The lowest BCUT2D eigenvalue weighted by Gasteiger charge is -2.25. The second-order valence-corrected chi connectivity index (χ2v) is 7.07. The quantitative estimate of drug-likeness (QED) is 0.535. The first-order chi connectivity index (χ1) is 13.3. The van der Waals surface area contributed by atoms with Gasteiger partial charge in [0.1, 0.15) is 5.82 Å². The summed E-state index contributed by atoms with van der Waals surface area (Å²) in [6.07, 6.45) is 0. The van der Waals surface area contributed by atoms with E-state index in [1.165, 1.54) is 41.3 Å². The molecule has 2 aromatic rings. The lowest BCUT2D eigenvalue weighted by molar-refractivity contribution is -0.384. The highest BCUT2D eigenvalue weighted by atomic mass is 32.2. The number of non-ortho nitro benzene ring substituents is 1. The number of carbonyl (C=O) groups is 2. The first-order valence-corrected chi connectivity index (χ1v) is 9.56. The number of amides is 2. The van der Waals surface area contributed by atoms with Crippen LogP contribution in [0.1, 0.15) is 18.5 Å². The van der Waals surface area contributed by atoms with Crippen LogP contribution in [0.15, 0.2) is 48.5 Å². The zero-order chi connectivity index (χ0) is 20.7. The number of nitrogens with one attached hydrogen (secondary N) is 1. The fourth-order valence-electron chi connectivity index (χ4n) is 2.40. The molecule has 0 spiro atoms. The number of rotatable bonds is 8. The average molecular weight is 405 g/mol. The molecular weight excluding hydrogens is 385 g/mol. The summed E-state index contributed by atoms with van der Waals surface area (Å²) in [6, 6.07) is 11.2. The number of halogens is 1. The fourth-order valence-corrected chi connectivity index (χ4v) is 3.14. The molecule has 0 fully saturated rings. The number of hydrogen-bond acceptors (Lipinski definition) is 5. The van der Waals surface area contributed by atoms with E-state index in [1.807, 2.05) is 0 Å². The van der Waals surface area contributed by atoms with Crippen molar-refractivity contribution in [3.8, 4) is 0 Å². The van der Waals surface area contributed by atoms with Gasteiger partial charge < -0.3 is 10.2 Å². The van der Waals surface area contributed by atoms with E-state index in [2.05, 4.69) is 5.32 Å². The van der Waals surface area contributed by atoms with Crippen LogP contribution in [0.3, 0.4) is 0 Å². The number of anilines is 1. The summed E-state index contributed by atoms with van der Waals surface area (Å²) in [7, 11) is 1.62. The summed E-state index contributed by atoms with van der Waals surface area (Å²) < 4.78 is 12.8. The number of nitro benzene ring substituents is 1. The van der Waals surface area contributed by atoms with E-state index >= 15 is 0 Å². The Bertz CT molecular complexity index is 861. The van der Waals surface area contributed by atoms with Gasteiger partial charge in [-0.05, 0) is 36.8 Å². The topological polar surface area (TPSA) is 92.6 Å². The van der Waals surface area contributed by atoms with E-state index in [-0.39, 0.29) is 40.9 Å². The van der Waals surface area contributed by atoms with Gasteiger partial charge in [0.2, 0.25) is 11.8 Å². The van der Waals surface area contributed by atoms with Crippen LogP contribution in [0, 0.1) is 15.9 Å². The standard InChI is InChI=1S/C19H20FN3O4S/c1-13(14-4-3-5-17(10-14)23(26)27)22(2)19(25)12-28-11-18(24)21-16-8-6-15(20)7-9-16/h3-10,13H,11-12H2,1-2H3,(H,21,24)/t13-/m1/s1. The van der Waals surface area contributed by atoms with Crippen LogP contribution in [0.2, 0.25) is 0 Å². The molecule has 28 heavy (non-hydrogen) atoms. The summed E-state index contributed by atoms with van der Waals surface area (Å²) in [5.74, 6) is -0.717. The zero-order valence-corrected chi connectivity index (χ0v) is 16.2. The van der Waals surface area contributed by atoms with Gasteiger partial charge in [-0.3, -0.25) is 19.7 Å². The summed E-state index contributed by atoms with van der Waals surface area (Å²) in [5.41, 5.74) is 1.11. The number of benzene rings is 2. The van der Waals surface area contributed by atoms with Crippen LogP contribution in [-0.4, -0.2) is 40.2 Å². The third kappa shape index (κ3) is 6.05. The molecular formula is C19H20FN3O4S. The van der Waals surface area contributed by atoms with E-state index in [9.17, 15) is 24.1 Å². The SMILES string of the molecule is C[C@H](c1cccc([N+](=O)[O-])c1)N(C)C(=O)CSCC(=O)Nc1ccc(F)cc1. The van der Waals surface area contributed by atoms with Crippen molar-refractivity contribution in [1.82, 2.24) is 4.90 Å². The van der Waals surface area contributed by atoms with Crippen molar-refractivity contribution in [3.05, 3.63) is 70.0 Å². The smallest absolute Gasteiger partial charge is 0.269 e. The van der Waals surface area contributed by atoms with Crippen LogP contribution in [-0.2, 0) is 9.59 Å². The molecule has 2 rings (SSSR count). The molecule has 0 radical (unpaired) electrons. The maximum absolute atomic E-state index is 12.8. The molecule has 2 amide bonds. The molecule has 0 heterocycles. The number of carbonyl (C=O) groups excluding carboxylic acids is 2. The minimum atomic E-state index is -0.479. The Labute approximate surface area is 166 Å². The van der Waals surface area contributed by atoms with Gasteiger partial charge in [0.05, 0.1) is 22.5 Å². The summed E-state index contributed by atoms with van der Waals surface area (Å²) in [6.45, 7) is 1.78.